The lowest BCUT2D eigenvalue weighted by molar-refractivity contribution is 0.670. The lowest BCUT2D eigenvalue weighted by atomic mass is 9.89. The molecule has 10 aromatic rings. The van der Waals surface area contributed by atoms with E-state index in [0.717, 1.165) is 55.1 Å². The van der Waals surface area contributed by atoms with E-state index in [1.165, 1.54) is 26.9 Å². The minimum atomic E-state index is 0.598. The third-order valence-electron chi connectivity index (χ3n) is 9.48. The predicted octanol–water partition coefficient (Wildman–Crippen LogP) is 11.9. The van der Waals surface area contributed by atoms with Crippen LogP contribution in [0.2, 0.25) is 0 Å². The number of hydrogen-bond donors (Lipinski definition) is 0. The van der Waals surface area contributed by atoms with Crippen molar-refractivity contribution in [3.8, 4) is 45.3 Å². The molecule has 0 unspecified atom stereocenters. The lowest BCUT2D eigenvalue weighted by Crippen LogP contribution is -2.00. The van der Waals surface area contributed by atoms with Gasteiger partial charge in [0.1, 0.15) is 11.2 Å². The Bertz CT molecular complexity index is 2820. The number of hydrogen-bond acceptors (Lipinski definition) is 4. The molecule has 2 heterocycles. The Morgan fingerprint density at radius 3 is 1.55 bits per heavy atom. The highest BCUT2D eigenvalue weighted by molar-refractivity contribution is 6.23. The number of fused-ring (bicyclic) bond motifs is 7. The molecule has 0 saturated carbocycles. The van der Waals surface area contributed by atoms with E-state index in [4.69, 9.17) is 19.4 Å². The monoisotopic (exact) mass is 625 g/mol. The van der Waals surface area contributed by atoms with Crippen LogP contribution in [0, 0.1) is 0 Å². The van der Waals surface area contributed by atoms with Gasteiger partial charge in [0.05, 0.1) is 0 Å². The van der Waals surface area contributed by atoms with E-state index in [-0.39, 0.29) is 0 Å². The number of furan rings is 1. The average molecular weight is 626 g/mol. The third-order valence-corrected chi connectivity index (χ3v) is 9.48. The molecule has 0 aliphatic rings. The minimum absolute atomic E-state index is 0.598. The van der Waals surface area contributed by atoms with Crippen molar-refractivity contribution in [1.29, 1.82) is 0 Å². The number of rotatable bonds is 4. The maximum absolute atomic E-state index is 6.93. The minimum Gasteiger partial charge on any atom is -0.455 e. The van der Waals surface area contributed by atoms with Crippen LogP contribution in [0.5, 0.6) is 0 Å². The zero-order chi connectivity index (χ0) is 32.3. The van der Waals surface area contributed by atoms with Crippen LogP contribution in [-0.2, 0) is 0 Å². The third kappa shape index (κ3) is 4.49. The summed E-state index contributed by atoms with van der Waals surface area (Å²) < 4.78 is 6.93. The van der Waals surface area contributed by atoms with Crippen molar-refractivity contribution in [3.63, 3.8) is 0 Å². The molecule has 8 aromatic carbocycles. The van der Waals surface area contributed by atoms with Crippen molar-refractivity contribution in [1.82, 2.24) is 15.0 Å². The van der Waals surface area contributed by atoms with Gasteiger partial charge in [-0.3, -0.25) is 0 Å². The summed E-state index contributed by atoms with van der Waals surface area (Å²) >= 11 is 0. The van der Waals surface area contributed by atoms with Gasteiger partial charge in [-0.05, 0) is 62.1 Å². The second-order valence-electron chi connectivity index (χ2n) is 12.4. The largest absolute Gasteiger partial charge is 0.455 e. The Hall–Kier alpha value is -6.65. The van der Waals surface area contributed by atoms with Gasteiger partial charge in [-0.25, -0.2) is 15.0 Å². The van der Waals surface area contributed by atoms with Gasteiger partial charge < -0.3 is 4.42 Å². The fourth-order valence-corrected chi connectivity index (χ4v) is 7.18. The molecule has 0 bridgehead atoms. The smallest absolute Gasteiger partial charge is 0.164 e. The summed E-state index contributed by atoms with van der Waals surface area (Å²) in [5.74, 6) is 1.86. The van der Waals surface area contributed by atoms with Gasteiger partial charge in [0.15, 0.2) is 17.5 Å². The summed E-state index contributed by atoms with van der Waals surface area (Å²) in [6.07, 6.45) is 0. The first-order valence-electron chi connectivity index (χ1n) is 16.4. The molecule has 4 heteroatoms. The zero-order valence-electron chi connectivity index (χ0n) is 26.3. The Morgan fingerprint density at radius 1 is 0.347 bits per heavy atom. The van der Waals surface area contributed by atoms with Crippen molar-refractivity contribution in [2.24, 2.45) is 0 Å². The first-order valence-corrected chi connectivity index (χ1v) is 16.4. The summed E-state index contributed by atoms with van der Waals surface area (Å²) in [5.41, 5.74) is 6.66. The van der Waals surface area contributed by atoms with Gasteiger partial charge >= 0.3 is 0 Å². The van der Waals surface area contributed by atoms with E-state index < -0.39 is 0 Å². The second kappa shape index (κ2) is 11.0. The number of nitrogens with zero attached hydrogens (tertiary/aromatic N) is 3. The van der Waals surface area contributed by atoms with E-state index in [1.807, 2.05) is 60.7 Å². The van der Waals surface area contributed by atoms with Crippen LogP contribution in [0.4, 0.5) is 0 Å². The van der Waals surface area contributed by atoms with Crippen LogP contribution in [0.25, 0.3) is 99.5 Å². The van der Waals surface area contributed by atoms with Crippen LogP contribution in [0.3, 0.4) is 0 Å². The fourth-order valence-electron chi connectivity index (χ4n) is 7.18. The van der Waals surface area contributed by atoms with Crippen molar-refractivity contribution in [2.45, 2.75) is 0 Å². The molecular formula is C45H27N3O. The van der Waals surface area contributed by atoms with Crippen molar-refractivity contribution in [3.05, 3.63) is 164 Å². The molecule has 0 amide bonds. The summed E-state index contributed by atoms with van der Waals surface area (Å²) in [7, 11) is 0. The highest BCUT2D eigenvalue weighted by atomic mass is 16.3. The number of benzene rings is 8. The highest BCUT2D eigenvalue weighted by Crippen LogP contribution is 2.45. The van der Waals surface area contributed by atoms with Crippen LogP contribution in [0.15, 0.2) is 168 Å². The maximum atomic E-state index is 6.93. The fraction of sp³-hybridized carbons (Fsp3) is 0. The summed E-state index contributed by atoms with van der Waals surface area (Å²) in [6, 6.07) is 56.9. The van der Waals surface area contributed by atoms with E-state index in [1.54, 1.807) is 0 Å². The SMILES string of the molecule is c1ccc(-c2nc(-c3ccccc3)nc(-c3ccc4c(c3)oc3c(-c5cc6ccccc6c6ccccc56)c5ccccc5cc34)n2)cc1. The molecule has 0 fully saturated rings. The van der Waals surface area contributed by atoms with Gasteiger partial charge in [-0.15, -0.1) is 0 Å². The Kier molecular flexibility index (Phi) is 6.15. The molecule has 228 valence electrons. The Morgan fingerprint density at radius 2 is 0.878 bits per heavy atom. The van der Waals surface area contributed by atoms with E-state index in [9.17, 15) is 0 Å². The maximum Gasteiger partial charge on any atom is 0.164 e. The van der Waals surface area contributed by atoms with Gasteiger partial charge in [-0.2, -0.15) is 0 Å². The van der Waals surface area contributed by atoms with Crippen molar-refractivity contribution < 1.29 is 4.42 Å². The van der Waals surface area contributed by atoms with Gasteiger partial charge in [0.2, 0.25) is 0 Å². The predicted molar refractivity (Wildman–Crippen MR) is 201 cm³/mol. The molecule has 10 rings (SSSR count). The average Bonchev–Trinajstić information content (AvgIpc) is 3.54. The molecule has 0 radical (unpaired) electrons. The van der Waals surface area contributed by atoms with Gasteiger partial charge in [0.25, 0.3) is 0 Å². The first kappa shape index (κ1) is 27.5. The summed E-state index contributed by atoms with van der Waals surface area (Å²) in [4.78, 5) is 14.8. The van der Waals surface area contributed by atoms with Gasteiger partial charge in [-0.1, -0.05) is 140 Å². The molecule has 0 atom stereocenters. The Labute approximate surface area is 282 Å². The van der Waals surface area contributed by atoms with Crippen LogP contribution in [0.1, 0.15) is 0 Å². The quantitative estimate of drug-likeness (QED) is 0.183. The van der Waals surface area contributed by atoms with Crippen LogP contribution >= 0.6 is 0 Å². The molecular weight excluding hydrogens is 599 g/mol. The molecule has 0 spiro atoms. The molecule has 0 saturated heterocycles. The van der Waals surface area contributed by atoms with Crippen LogP contribution < -0.4 is 0 Å². The molecule has 2 aromatic heterocycles. The molecule has 4 nitrogen and oxygen atoms in total. The van der Waals surface area contributed by atoms with Crippen LogP contribution in [-0.4, -0.2) is 15.0 Å². The topological polar surface area (TPSA) is 51.8 Å². The van der Waals surface area contributed by atoms with E-state index in [0.29, 0.717) is 17.5 Å². The first-order chi connectivity index (χ1) is 24.3. The summed E-state index contributed by atoms with van der Waals surface area (Å²) in [5, 5.41) is 9.34. The van der Waals surface area contributed by atoms with Gasteiger partial charge in [0, 0.05) is 33.0 Å². The van der Waals surface area contributed by atoms with E-state index in [2.05, 4.69) is 103 Å². The van der Waals surface area contributed by atoms with E-state index >= 15 is 0 Å². The summed E-state index contributed by atoms with van der Waals surface area (Å²) in [6.45, 7) is 0. The molecule has 0 aliphatic heterocycles. The molecule has 49 heavy (non-hydrogen) atoms. The Balaban J connectivity index is 1.23. The second-order valence-corrected chi connectivity index (χ2v) is 12.4. The standard InChI is InChI=1S/C45H27N3O/c1-3-13-28(14-4-1)43-46-44(29-15-5-2-6-16-29)48-45(47-43)32-23-24-37-39-26-31-18-8-10-20-34(31)41(42(39)49-40(37)27-32)38-25-30-17-7-9-19-33(30)35-21-11-12-22-36(35)38/h1-27H. The normalized spacial score (nSPS) is 11.7. The molecule has 0 N–H and O–H groups in total. The zero-order valence-corrected chi connectivity index (χ0v) is 26.3. The lowest BCUT2D eigenvalue weighted by Gasteiger charge is -2.14. The number of aromatic nitrogens is 3. The highest BCUT2D eigenvalue weighted by Gasteiger charge is 2.20. The molecule has 0 aliphatic carbocycles. The van der Waals surface area contributed by atoms with Crippen molar-refractivity contribution in [2.75, 3.05) is 0 Å². The van der Waals surface area contributed by atoms with Crippen molar-refractivity contribution >= 4 is 54.3 Å².